The van der Waals surface area contributed by atoms with Crippen LogP contribution >= 0.6 is 0 Å². The Kier molecular flexibility index (Phi) is 15.5. The first-order valence-corrected chi connectivity index (χ1v) is 12.5. The normalized spacial score (nSPS) is 14.8. The van der Waals surface area contributed by atoms with Gasteiger partial charge < -0.3 is 9.16 Å². The molecular formula is C21H46O2Si. The van der Waals surface area contributed by atoms with Gasteiger partial charge in [-0.1, -0.05) is 105 Å². The molecule has 0 saturated carbocycles. The minimum absolute atomic E-state index is 0.0433. The van der Waals surface area contributed by atoms with Crippen LogP contribution in [-0.2, 0) is 9.16 Å². The largest absolute Gasteiger partial charge is 0.395 e. The summed E-state index contributed by atoms with van der Waals surface area (Å²) >= 11 is 0. The van der Waals surface area contributed by atoms with Gasteiger partial charge in [0.15, 0.2) is 9.04 Å². The van der Waals surface area contributed by atoms with Gasteiger partial charge in [0.05, 0.1) is 0 Å². The van der Waals surface area contributed by atoms with E-state index in [1.807, 2.05) is 6.92 Å². The summed E-state index contributed by atoms with van der Waals surface area (Å²) in [5, 5.41) is 0.324. The predicted molar refractivity (Wildman–Crippen MR) is 110 cm³/mol. The van der Waals surface area contributed by atoms with E-state index in [4.69, 9.17) is 9.16 Å². The van der Waals surface area contributed by atoms with E-state index in [9.17, 15) is 0 Å². The molecule has 2 unspecified atom stereocenters. The molecule has 3 heteroatoms. The van der Waals surface area contributed by atoms with Crippen LogP contribution in [0, 0.1) is 0 Å². The van der Waals surface area contributed by atoms with E-state index in [0.717, 1.165) is 0 Å². The molecule has 0 aliphatic carbocycles. The first kappa shape index (κ1) is 24.1. The Balaban J connectivity index is 3.55. The second-order valence-electron chi connectivity index (χ2n) is 8.47. The van der Waals surface area contributed by atoms with E-state index in [1.165, 1.54) is 83.1 Å². The van der Waals surface area contributed by atoms with Crippen molar-refractivity contribution in [3.05, 3.63) is 0 Å². The molecule has 0 heterocycles. The van der Waals surface area contributed by atoms with Crippen molar-refractivity contribution in [2.24, 2.45) is 0 Å². The van der Waals surface area contributed by atoms with Crippen molar-refractivity contribution in [3.8, 4) is 0 Å². The van der Waals surface area contributed by atoms with Crippen molar-refractivity contribution in [3.63, 3.8) is 0 Å². The number of hydrogen-bond acceptors (Lipinski definition) is 2. The highest BCUT2D eigenvalue weighted by Crippen LogP contribution is 2.32. The van der Waals surface area contributed by atoms with Crippen LogP contribution in [0.1, 0.15) is 112 Å². The Morgan fingerprint density at radius 2 is 1.17 bits per heavy atom. The Bertz CT molecular complexity index is 263. The molecule has 146 valence electrons. The molecule has 0 rings (SSSR count). The van der Waals surface area contributed by atoms with E-state index in [1.54, 1.807) is 7.11 Å². The quantitative estimate of drug-likeness (QED) is 0.165. The highest BCUT2D eigenvalue weighted by Gasteiger charge is 2.28. The summed E-state index contributed by atoms with van der Waals surface area (Å²) in [5.41, 5.74) is 0. The fourth-order valence-electron chi connectivity index (χ4n) is 3.16. The monoisotopic (exact) mass is 358 g/mol. The lowest BCUT2D eigenvalue weighted by Gasteiger charge is -2.31. The predicted octanol–water partition coefficient (Wildman–Crippen LogP) is 7.22. The molecule has 0 aliphatic rings. The maximum atomic E-state index is 6.18. The van der Waals surface area contributed by atoms with Gasteiger partial charge in [-0.15, -0.1) is 0 Å². The summed E-state index contributed by atoms with van der Waals surface area (Å²) in [6.07, 6.45) is 16.9. The molecule has 0 N–H and O–H groups in total. The molecule has 0 aromatic carbocycles. The molecule has 0 fully saturated rings. The van der Waals surface area contributed by atoms with Crippen LogP contribution in [0.15, 0.2) is 0 Å². The number of rotatable bonds is 16. The van der Waals surface area contributed by atoms with Gasteiger partial charge in [0.1, 0.15) is 6.29 Å². The van der Waals surface area contributed by atoms with Crippen LogP contribution in [0.4, 0.5) is 0 Å². The summed E-state index contributed by atoms with van der Waals surface area (Å²) in [6.45, 7) is 11.3. The zero-order chi connectivity index (χ0) is 18.3. The van der Waals surface area contributed by atoms with Crippen molar-refractivity contribution < 1.29 is 9.16 Å². The maximum Gasteiger partial charge on any atom is 0.185 e. The third-order valence-corrected chi connectivity index (χ3v) is 8.55. The Morgan fingerprint density at radius 1 is 0.750 bits per heavy atom. The van der Waals surface area contributed by atoms with Crippen molar-refractivity contribution in [1.82, 2.24) is 0 Å². The molecule has 2 nitrogen and oxygen atoms in total. The smallest absolute Gasteiger partial charge is 0.185 e. The van der Waals surface area contributed by atoms with Gasteiger partial charge in [-0.2, -0.15) is 0 Å². The lowest BCUT2D eigenvalue weighted by atomic mass is 10.1. The van der Waals surface area contributed by atoms with Crippen LogP contribution in [0.3, 0.4) is 0 Å². The third kappa shape index (κ3) is 14.5. The molecular weight excluding hydrogens is 312 g/mol. The van der Waals surface area contributed by atoms with Crippen molar-refractivity contribution in [2.75, 3.05) is 7.11 Å². The standard InChI is InChI=1S/C21H46O2Si/c1-7-8-9-10-11-12-13-14-15-16-17-18-19-24(21(3,4)5)23-20(2)22-6/h20,24H,7-19H2,1-6H3. The molecule has 2 atom stereocenters. The highest BCUT2D eigenvalue weighted by molar-refractivity contribution is 6.55. The van der Waals surface area contributed by atoms with Gasteiger partial charge >= 0.3 is 0 Å². The molecule has 0 radical (unpaired) electrons. The van der Waals surface area contributed by atoms with Crippen LogP contribution in [-0.4, -0.2) is 22.4 Å². The van der Waals surface area contributed by atoms with Gasteiger partial charge in [-0.25, -0.2) is 0 Å². The Morgan fingerprint density at radius 3 is 1.54 bits per heavy atom. The minimum Gasteiger partial charge on any atom is -0.395 e. The summed E-state index contributed by atoms with van der Waals surface area (Å²) < 4.78 is 11.5. The van der Waals surface area contributed by atoms with Gasteiger partial charge in [0.25, 0.3) is 0 Å². The van der Waals surface area contributed by atoms with Crippen LogP contribution < -0.4 is 0 Å². The maximum absolute atomic E-state index is 6.18. The highest BCUT2D eigenvalue weighted by atomic mass is 28.3. The fourth-order valence-corrected chi connectivity index (χ4v) is 5.81. The first-order chi connectivity index (χ1) is 11.4. The molecule has 24 heavy (non-hydrogen) atoms. The third-order valence-electron chi connectivity index (χ3n) is 4.97. The number of ether oxygens (including phenoxy) is 1. The minimum atomic E-state index is -1.21. The average molecular weight is 359 g/mol. The van der Waals surface area contributed by atoms with Crippen molar-refractivity contribution >= 4 is 9.04 Å². The van der Waals surface area contributed by atoms with Crippen LogP contribution in [0.5, 0.6) is 0 Å². The Hall–Kier alpha value is 0.137. The van der Waals surface area contributed by atoms with Gasteiger partial charge in [0.2, 0.25) is 0 Å². The van der Waals surface area contributed by atoms with Gasteiger partial charge in [-0.3, -0.25) is 0 Å². The number of hydrogen-bond donors (Lipinski definition) is 0. The molecule has 0 spiro atoms. The van der Waals surface area contributed by atoms with E-state index >= 15 is 0 Å². The van der Waals surface area contributed by atoms with E-state index < -0.39 is 9.04 Å². The summed E-state index contributed by atoms with van der Waals surface area (Å²) in [7, 11) is 0.532. The van der Waals surface area contributed by atoms with Gasteiger partial charge in [0, 0.05) is 7.11 Å². The SMILES string of the molecule is CCCCCCCCCCCCCC[SiH](OC(C)OC)C(C)(C)C. The first-order valence-electron chi connectivity index (χ1n) is 10.6. The second-order valence-corrected chi connectivity index (χ2v) is 12.0. The topological polar surface area (TPSA) is 18.5 Å². The lowest BCUT2D eigenvalue weighted by Crippen LogP contribution is -2.33. The molecule has 0 saturated heterocycles. The van der Waals surface area contributed by atoms with Crippen LogP contribution in [0.2, 0.25) is 11.1 Å². The van der Waals surface area contributed by atoms with E-state index in [-0.39, 0.29) is 6.29 Å². The molecule has 0 amide bonds. The van der Waals surface area contributed by atoms with Crippen molar-refractivity contribution in [2.45, 2.75) is 129 Å². The van der Waals surface area contributed by atoms with Gasteiger partial charge in [-0.05, 0) is 18.0 Å². The zero-order valence-corrected chi connectivity index (χ0v) is 18.8. The molecule has 0 aliphatic heterocycles. The molecule has 0 bridgehead atoms. The summed E-state index contributed by atoms with van der Waals surface area (Å²) in [6, 6.07) is 1.29. The van der Waals surface area contributed by atoms with Crippen molar-refractivity contribution in [1.29, 1.82) is 0 Å². The summed E-state index contributed by atoms with van der Waals surface area (Å²) in [4.78, 5) is 0. The zero-order valence-electron chi connectivity index (χ0n) is 17.7. The number of methoxy groups -OCH3 is 1. The lowest BCUT2D eigenvalue weighted by molar-refractivity contribution is -0.0441. The second kappa shape index (κ2) is 15.4. The Labute approximate surface area is 154 Å². The molecule has 0 aromatic rings. The molecule has 0 aromatic heterocycles. The number of unbranched alkanes of at least 4 members (excludes halogenated alkanes) is 11. The average Bonchev–Trinajstić information content (AvgIpc) is 2.53. The van der Waals surface area contributed by atoms with E-state index in [0.29, 0.717) is 5.04 Å². The summed E-state index contributed by atoms with van der Waals surface area (Å²) in [5.74, 6) is 0. The van der Waals surface area contributed by atoms with E-state index in [2.05, 4.69) is 27.7 Å². The fraction of sp³-hybridized carbons (Fsp3) is 1.00. The van der Waals surface area contributed by atoms with Crippen LogP contribution in [0.25, 0.3) is 0 Å².